The minimum absolute atomic E-state index is 0.149. The average Bonchev–Trinajstić information content (AvgIpc) is 2.90. The van der Waals surface area contributed by atoms with E-state index in [1.807, 2.05) is 19.1 Å². The highest BCUT2D eigenvalue weighted by Crippen LogP contribution is 2.18. The van der Waals surface area contributed by atoms with E-state index in [0.29, 0.717) is 28.1 Å². The van der Waals surface area contributed by atoms with Crippen molar-refractivity contribution in [3.05, 3.63) is 123 Å². The summed E-state index contributed by atoms with van der Waals surface area (Å²) in [5.74, 6) is -0.524. The third-order valence-corrected chi connectivity index (χ3v) is 7.63. The van der Waals surface area contributed by atoms with Crippen LogP contribution in [-0.4, -0.2) is 26.5 Å². The van der Waals surface area contributed by atoms with Crippen molar-refractivity contribution in [3.8, 4) is 5.75 Å². The Morgan fingerprint density at radius 2 is 1.53 bits per heavy atom. The predicted molar refractivity (Wildman–Crippen MR) is 154 cm³/mol. The lowest BCUT2D eigenvalue weighted by molar-refractivity contribution is 0.0733. The third kappa shape index (κ3) is 7.05. The van der Waals surface area contributed by atoms with E-state index < -0.39 is 21.9 Å². The number of esters is 1. The number of hydrogen-bond acceptors (Lipinski definition) is 6. The second-order valence-electron chi connectivity index (χ2n) is 8.13. The van der Waals surface area contributed by atoms with Crippen LogP contribution in [0.3, 0.4) is 0 Å². The van der Waals surface area contributed by atoms with Crippen LogP contribution in [0.1, 0.15) is 31.8 Å². The Kier molecular flexibility index (Phi) is 8.54. The Hall–Kier alpha value is -4.03. The van der Waals surface area contributed by atoms with Crippen LogP contribution in [0.15, 0.2) is 107 Å². The molecule has 38 heavy (non-hydrogen) atoms. The number of ether oxygens (including phenoxy) is 1. The summed E-state index contributed by atoms with van der Waals surface area (Å²) in [5.41, 5.74) is 5.18. The monoisotopic (exact) mass is 639 g/mol. The van der Waals surface area contributed by atoms with Crippen LogP contribution in [-0.2, 0) is 10.0 Å². The van der Waals surface area contributed by atoms with Gasteiger partial charge in [-0.05, 0) is 108 Å². The minimum atomic E-state index is -3.74. The molecule has 4 aromatic carbocycles. The molecule has 0 aromatic heterocycles. The van der Waals surface area contributed by atoms with Gasteiger partial charge in [0.05, 0.1) is 16.7 Å². The molecular formula is C28H22IN3O5S. The largest absolute Gasteiger partial charge is 0.423 e. The van der Waals surface area contributed by atoms with Gasteiger partial charge in [0.25, 0.3) is 15.9 Å². The van der Waals surface area contributed by atoms with Gasteiger partial charge in [-0.15, -0.1) is 0 Å². The number of carbonyl (C=O) groups is 2. The topological polar surface area (TPSA) is 114 Å². The fraction of sp³-hybridized carbons (Fsp3) is 0.0357. The quantitative estimate of drug-likeness (QED) is 0.0884. The Labute approximate surface area is 233 Å². The van der Waals surface area contributed by atoms with Crippen LogP contribution >= 0.6 is 22.6 Å². The van der Waals surface area contributed by atoms with E-state index >= 15 is 0 Å². The van der Waals surface area contributed by atoms with Crippen LogP contribution in [0, 0.1) is 10.5 Å². The zero-order chi connectivity index (χ0) is 27.1. The SMILES string of the molecule is Cc1ccc(S(=O)(=O)Nc2ccc(C(=O)N/N=C\c3ccc(OC(=O)c4ccccc4I)cc3)cc2)cc1. The first-order valence-corrected chi connectivity index (χ1v) is 13.9. The maximum Gasteiger partial charge on any atom is 0.344 e. The molecular weight excluding hydrogens is 617 g/mol. The Balaban J connectivity index is 1.31. The summed E-state index contributed by atoms with van der Waals surface area (Å²) in [4.78, 5) is 24.9. The summed E-state index contributed by atoms with van der Waals surface area (Å²) in [6.07, 6.45) is 1.45. The van der Waals surface area contributed by atoms with Gasteiger partial charge in [0.1, 0.15) is 5.75 Å². The molecule has 0 atom stereocenters. The molecule has 0 heterocycles. The van der Waals surface area contributed by atoms with Crippen LogP contribution in [0.5, 0.6) is 5.75 Å². The minimum Gasteiger partial charge on any atom is -0.423 e. The highest BCUT2D eigenvalue weighted by molar-refractivity contribution is 14.1. The molecule has 2 N–H and O–H groups in total. The second-order valence-corrected chi connectivity index (χ2v) is 11.0. The number of amides is 1. The summed E-state index contributed by atoms with van der Waals surface area (Å²) in [6, 6.07) is 26.3. The second kappa shape index (κ2) is 12.0. The summed E-state index contributed by atoms with van der Waals surface area (Å²) in [5, 5.41) is 3.95. The number of carbonyl (C=O) groups excluding carboxylic acids is 2. The lowest BCUT2D eigenvalue weighted by Crippen LogP contribution is -2.18. The molecule has 8 nitrogen and oxygen atoms in total. The van der Waals surface area contributed by atoms with Crippen molar-refractivity contribution in [1.82, 2.24) is 5.43 Å². The number of anilines is 1. The highest BCUT2D eigenvalue weighted by Gasteiger charge is 2.14. The van der Waals surface area contributed by atoms with E-state index in [1.54, 1.807) is 48.5 Å². The van der Waals surface area contributed by atoms with Crippen molar-refractivity contribution >= 4 is 56.4 Å². The first-order chi connectivity index (χ1) is 18.2. The number of rotatable bonds is 8. The zero-order valence-corrected chi connectivity index (χ0v) is 23.1. The molecule has 0 saturated carbocycles. The molecule has 0 radical (unpaired) electrons. The van der Waals surface area contributed by atoms with Crippen molar-refractivity contribution in [2.45, 2.75) is 11.8 Å². The normalized spacial score (nSPS) is 11.2. The first kappa shape index (κ1) is 27.0. The van der Waals surface area contributed by atoms with Crippen molar-refractivity contribution in [2.75, 3.05) is 4.72 Å². The molecule has 192 valence electrons. The van der Waals surface area contributed by atoms with Gasteiger partial charge < -0.3 is 4.74 Å². The fourth-order valence-electron chi connectivity index (χ4n) is 3.26. The Morgan fingerprint density at radius 3 is 2.18 bits per heavy atom. The molecule has 0 aliphatic rings. The number of nitrogens with zero attached hydrogens (tertiary/aromatic N) is 1. The smallest absolute Gasteiger partial charge is 0.344 e. The van der Waals surface area contributed by atoms with Crippen molar-refractivity contribution in [2.24, 2.45) is 5.10 Å². The van der Waals surface area contributed by atoms with Gasteiger partial charge in [-0.1, -0.05) is 29.8 Å². The van der Waals surface area contributed by atoms with Crippen LogP contribution < -0.4 is 14.9 Å². The van der Waals surface area contributed by atoms with Crippen molar-refractivity contribution in [1.29, 1.82) is 0 Å². The van der Waals surface area contributed by atoms with Crippen LogP contribution in [0.25, 0.3) is 0 Å². The van der Waals surface area contributed by atoms with E-state index in [4.69, 9.17) is 4.74 Å². The Bertz CT molecular complexity index is 1590. The van der Waals surface area contributed by atoms with Crippen molar-refractivity contribution < 1.29 is 22.7 Å². The standard InChI is InChI=1S/C28H22IN3O5S/c1-19-6-16-24(17-7-19)38(35,36)32-22-12-10-21(11-13-22)27(33)31-30-18-20-8-14-23(15-9-20)37-28(34)25-4-2-3-5-26(25)29/h2-18,32H,1H3,(H,31,33)/b30-18-. The number of halogens is 1. The van der Waals surface area contributed by atoms with E-state index in [2.05, 4.69) is 37.8 Å². The molecule has 0 spiro atoms. The molecule has 4 aromatic rings. The molecule has 0 aliphatic carbocycles. The van der Waals surface area contributed by atoms with Gasteiger partial charge in [0, 0.05) is 14.8 Å². The molecule has 1 amide bonds. The highest BCUT2D eigenvalue weighted by atomic mass is 127. The third-order valence-electron chi connectivity index (χ3n) is 5.29. The average molecular weight is 639 g/mol. The van der Waals surface area contributed by atoms with Gasteiger partial charge in [0.2, 0.25) is 0 Å². The number of sulfonamides is 1. The molecule has 0 fully saturated rings. The van der Waals surface area contributed by atoms with Crippen molar-refractivity contribution in [3.63, 3.8) is 0 Å². The summed E-state index contributed by atoms with van der Waals surface area (Å²) in [7, 11) is -3.74. The summed E-state index contributed by atoms with van der Waals surface area (Å²) >= 11 is 2.08. The molecule has 0 bridgehead atoms. The van der Waals surface area contributed by atoms with E-state index in [-0.39, 0.29) is 4.90 Å². The molecule has 0 saturated heterocycles. The van der Waals surface area contributed by atoms with Gasteiger partial charge >= 0.3 is 5.97 Å². The van der Waals surface area contributed by atoms with E-state index in [1.165, 1.54) is 42.6 Å². The Morgan fingerprint density at radius 1 is 0.868 bits per heavy atom. The van der Waals surface area contributed by atoms with Gasteiger partial charge in [0.15, 0.2) is 0 Å². The molecule has 10 heteroatoms. The van der Waals surface area contributed by atoms with Gasteiger partial charge in [-0.2, -0.15) is 5.10 Å². The fourth-order valence-corrected chi connectivity index (χ4v) is 4.93. The summed E-state index contributed by atoms with van der Waals surface area (Å²) in [6.45, 7) is 1.88. The number of hydrogen-bond donors (Lipinski definition) is 2. The van der Waals surface area contributed by atoms with Gasteiger partial charge in [-0.25, -0.2) is 18.6 Å². The number of nitrogens with one attached hydrogen (secondary N) is 2. The number of benzene rings is 4. The summed E-state index contributed by atoms with van der Waals surface area (Å²) < 4.78 is 33.7. The van der Waals surface area contributed by atoms with Gasteiger partial charge in [-0.3, -0.25) is 9.52 Å². The van der Waals surface area contributed by atoms with E-state index in [0.717, 1.165) is 9.13 Å². The van der Waals surface area contributed by atoms with E-state index in [9.17, 15) is 18.0 Å². The lowest BCUT2D eigenvalue weighted by Gasteiger charge is -2.09. The van der Waals surface area contributed by atoms with Crippen LogP contribution in [0.2, 0.25) is 0 Å². The molecule has 4 rings (SSSR count). The maximum absolute atomic E-state index is 12.5. The predicted octanol–water partition coefficient (Wildman–Crippen LogP) is 5.38. The van der Waals surface area contributed by atoms with Crippen LogP contribution in [0.4, 0.5) is 5.69 Å². The zero-order valence-electron chi connectivity index (χ0n) is 20.1. The lowest BCUT2D eigenvalue weighted by atomic mass is 10.2. The number of hydrazone groups is 1. The molecule has 0 unspecified atom stereocenters. The maximum atomic E-state index is 12.5. The number of aryl methyl sites for hydroxylation is 1. The first-order valence-electron chi connectivity index (χ1n) is 11.3. The molecule has 0 aliphatic heterocycles.